The second kappa shape index (κ2) is 19.1. The van der Waals surface area contributed by atoms with E-state index < -0.39 is 29.8 Å². The largest absolute Gasteiger partial charge is 0.497 e. The highest BCUT2D eigenvalue weighted by molar-refractivity contribution is 5.89. The van der Waals surface area contributed by atoms with Gasteiger partial charge in [-0.15, -0.1) is 0 Å². The van der Waals surface area contributed by atoms with Crippen LogP contribution in [-0.4, -0.2) is 52.1 Å². The number of rotatable bonds is 10. The Morgan fingerprint density at radius 1 is 0.789 bits per heavy atom. The Morgan fingerprint density at radius 2 is 1.46 bits per heavy atom. The third-order valence-electron chi connectivity index (χ3n) is 8.89. The normalized spacial score (nSPS) is 13.2. The van der Waals surface area contributed by atoms with Gasteiger partial charge in [0.1, 0.15) is 23.0 Å². The van der Waals surface area contributed by atoms with Crippen molar-refractivity contribution >= 4 is 23.4 Å². The topological polar surface area (TPSA) is 134 Å². The minimum absolute atomic E-state index is 0.0240. The maximum Gasteiger partial charge on any atom is 0.433 e. The monoisotopic (exact) mass is 794 g/mol. The predicted octanol–water partition coefficient (Wildman–Crippen LogP) is 8.08. The molecule has 5 heterocycles. The number of methoxy groups -OCH3 is 1. The Morgan fingerprint density at radius 3 is 2.11 bits per heavy atom. The van der Waals surface area contributed by atoms with Crippen molar-refractivity contribution in [2.75, 3.05) is 30.4 Å². The van der Waals surface area contributed by atoms with Crippen LogP contribution < -0.4 is 25.6 Å². The molecule has 0 bridgehead atoms. The molecule has 0 aliphatic carbocycles. The van der Waals surface area contributed by atoms with Crippen LogP contribution in [0.4, 0.5) is 42.6 Å². The van der Waals surface area contributed by atoms with E-state index in [1.54, 1.807) is 67.1 Å². The molecule has 5 aromatic rings. The highest BCUT2D eigenvalue weighted by Crippen LogP contribution is 2.34. The first-order valence-electron chi connectivity index (χ1n) is 17.8. The van der Waals surface area contributed by atoms with Gasteiger partial charge in [-0.3, -0.25) is 14.8 Å². The molecule has 3 amide bonds. The van der Waals surface area contributed by atoms with E-state index in [9.17, 15) is 35.9 Å². The van der Waals surface area contributed by atoms with Crippen molar-refractivity contribution in [1.29, 1.82) is 0 Å². The molecule has 57 heavy (non-hydrogen) atoms. The van der Waals surface area contributed by atoms with Crippen LogP contribution in [0, 0.1) is 5.92 Å². The Kier molecular flexibility index (Phi) is 14.0. The van der Waals surface area contributed by atoms with Crippen molar-refractivity contribution in [3.63, 3.8) is 0 Å². The Bertz CT molecular complexity index is 2100. The molecule has 1 aliphatic heterocycles. The fourth-order valence-electron chi connectivity index (χ4n) is 5.81. The summed E-state index contributed by atoms with van der Waals surface area (Å²) in [5.74, 6) is 1.13. The van der Waals surface area contributed by atoms with Gasteiger partial charge in [0.25, 0.3) is 0 Å². The first-order chi connectivity index (χ1) is 27.2. The van der Waals surface area contributed by atoms with E-state index in [2.05, 4.69) is 42.8 Å². The van der Waals surface area contributed by atoms with Crippen LogP contribution in [-0.2, 0) is 36.7 Å². The van der Waals surface area contributed by atoms with Crippen LogP contribution in [0.2, 0.25) is 0 Å². The van der Waals surface area contributed by atoms with Crippen molar-refractivity contribution in [2.24, 2.45) is 5.92 Å². The van der Waals surface area contributed by atoms with Gasteiger partial charge in [-0.25, -0.2) is 14.8 Å². The molecule has 1 aromatic carbocycles. The SMILES string of the molecule is CC1CCN(c2nc(C(F)(F)F)ccc2CNC(=O)Cc2ccncc2)CC1.COc1cccc(-c2nc(C(F)(F)F)ccc2CNC(=O)Nc2cccnc2)c1. The van der Waals surface area contributed by atoms with Crippen molar-refractivity contribution in [3.8, 4) is 17.0 Å². The number of amides is 3. The van der Waals surface area contributed by atoms with Crippen molar-refractivity contribution in [2.45, 2.75) is 51.6 Å². The molecule has 4 aromatic heterocycles. The Balaban J connectivity index is 0.000000218. The highest BCUT2D eigenvalue weighted by atomic mass is 19.4. The fraction of sp³-hybridized carbons (Fsp3) is 0.300. The molecule has 300 valence electrons. The summed E-state index contributed by atoms with van der Waals surface area (Å²) in [6, 6.07) is 17.4. The summed E-state index contributed by atoms with van der Waals surface area (Å²) in [4.78, 5) is 41.7. The number of hydrogen-bond donors (Lipinski definition) is 3. The summed E-state index contributed by atoms with van der Waals surface area (Å²) < 4.78 is 84.0. The van der Waals surface area contributed by atoms with Crippen molar-refractivity contribution in [3.05, 3.63) is 126 Å². The molecule has 0 radical (unpaired) electrons. The zero-order chi connectivity index (χ0) is 41.0. The summed E-state index contributed by atoms with van der Waals surface area (Å²) >= 11 is 0. The molecule has 17 heteroatoms. The van der Waals surface area contributed by atoms with Gasteiger partial charge >= 0.3 is 18.4 Å². The summed E-state index contributed by atoms with van der Waals surface area (Å²) in [6.45, 7) is 3.57. The van der Waals surface area contributed by atoms with Crippen molar-refractivity contribution in [1.82, 2.24) is 30.6 Å². The Labute approximate surface area is 324 Å². The fourth-order valence-corrected chi connectivity index (χ4v) is 5.81. The molecule has 0 unspecified atom stereocenters. The van der Waals surface area contributed by atoms with Gasteiger partial charge < -0.3 is 25.6 Å². The van der Waals surface area contributed by atoms with Gasteiger partial charge in [0.05, 0.1) is 31.1 Å². The maximum absolute atomic E-state index is 13.1. The van der Waals surface area contributed by atoms with E-state index in [4.69, 9.17) is 4.74 Å². The van der Waals surface area contributed by atoms with Gasteiger partial charge in [-0.1, -0.05) is 31.2 Å². The number of nitrogens with zero attached hydrogens (tertiary/aromatic N) is 5. The van der Waals surface area contributed by atoms with E-state index >= 15 is 0 Å². The second-order valence-corrected chi connectivity index (χ2v) is 13.1. The Hall–Kier alpha value is -6.26. The van der Waals surface area contributed by atoms with Gasteiger partial charge in [0.2, 0.25) is 5.91 Å². The van der Waals surface area contributed by atoms with Crippen LogP contribution in [0.25, 0.3) is 11.3 Å². The lowest BCUT2D eigenvalue weighted by atomic mass is 9.99. The smallest absolute Gasteiger partial charge is 0.433 e. The number of ether oxygens (including phenoxy) is 1. The lowest BCUT2D eigenvalue weighted by Gasteiger charge is -2.33. The van der Waals surface area contributed by atoms with E-state index in [0.717, 1.165) is 30.5 Å². The van der Waals surface area contributed by atoms with Gasteiger partial charge in [0, 0.05) is 55.9 Å². The average Bonchev–Trinajstić information content (AvgIpc) is 3.20. The first-order valence-corrected chi connectivity index (χ1v) is 17.8. The molecule has 1 fully saturated rings. The summed E-state index contributed by atoms with van der Waals surface area (Å²) in [6.07, 6.45) is -0.823. The van der Waals surface area contributed by atoms with E-state index in [0.29, 0.717) is 53.0 Å². The maximum atomic E-state index is 13.1. The predicted molar refractivity (Wildman–Crippen MR) is 201 cm³/mol. The number of carbonyl (C=O) groups excluding carboxylic acids is 2. The molecule has 0 atom stereocenters. The summed E-state index contributed by atoms with van der Waals surface area (Å²) in [7, 11) is 1.46. The molecule has 6 rings (SSSR count). The lowest BCUT2D eigenvalue weighted by Crippen LogP contribution is -2.35. The molecule has 3 N–H and O–H groups in total. The van der Waals surface area contributed by atoms with Crippen LogP contribution >= 0.6 is 0 Å². The van der Waals surface area contributed by atoms with Crippen LogP contribution in [0.15, 0.2) is 97.6 Å². The quantitative estimate of drug-likeness (QED) is 0.121. The van der Waals surface area contributed by atoms with E-state index in [-0.39, 0.29) is 31.1 Å². The minimum atomic E-state index is -4.59. The van der Waals surface area contributed by atoms with Crippen LogP contribution in [0.3, 0.4) is 0 Å². The van der Waals surface area contributed by atoms with Crippen LogP contribution in [0.1, 0.15) is 47.8 Å². The van der Waals surface area contributed by atoms with E-state index in [1.165, 1.54) is 25.4 Å². The standard InChI is InChI=1S/C20H17F3N4O2.C20H23F3N4O/c1-29-16-6-2-4-13(10-16)18-14(7-8-17(27-18)20(21,22)23)11-25-19(28)26-15-5-3-9-24-12-15;1-14-6-10-27(11-7-14)19-16(2-3-17(26-19)20(21,22)23)13-25-18(28)12-15-4-8-24-9-5-15/h2-10,12H,11H2,1H3,(H2,25,26,28);2-5,8-9,14H,6-7,10-13H2,1H3,(H,25,28). The van der Waals surface area contributed by atoms with Gasteiger partial charge in [-0.2, -0.15) is 26.3 Å². The molecular formula is C40H40F6N8O3. The van der Waals surface area contributed by atoms with Crippen molar-refractivity contribution < 1.29 is 40.7 Å². The lowest BCUT2D eigenvalue weighted by molar-refractivity contribution is -0.141. The average molecular weight is 795 g/mol. The number of anilines is 2. The summed E-state index contributed by atoms with van der Waals surface area (Å²) in [5.41, 5.74) is 0.956. The number of urea groups is 1. The minimum Gasteiger partial charge on any atom is -0.497 e. The number of alkyl halides is 6. The van der Waals surface area contributed by atoms with Gasteiger partial charge in [-0.05, 0) is 78.4 Å². The zero-order valence-electron chi connectivity index (χ0n) is 31.0. The molecule has 0 spiro atoms. The molecular weight excluding hydrogens is 754 g/mol. The molecule has 1 aliphatic rings. The number of aromatic nitrogens is 4. The van der Waals surface area contributed by atoms with Gasteiger partial charge in [0.15, 0.2) is 0 Å². The first kappa shape index (κ1) is 41.9. The highest BCUT2D eigenvalue weighted by Gasteiger charge is 2.35. The molecule has 1 saturated heterocycles. The molecule has 11 nitrogen and oxygen atoms in total. The number of halogens is 6. The number of benzene rings is 1. The number of pyridine rings is 4. The number of carbonyl (C=O) groups is 2. The third-order valence-corrected chi connectivity index (χ3v) is 8.89. The van der Waals surface area contributed by atoms with Crippen LogP contribution in [0.5, 0.6) is 5.75 Å². The zero-order valence-corrected chi connectivity index (χ0v) is 31.0. The summed E-state index contributed by atoms with van der Waals surface area (Å²) in [5, 5.41) is 7.99. The number of nitrogens with one attached hydrogen (secondary N) is 3. The molecule has 0 saturated carbocycles. The second-order valence-electron chi connectivity index (χ2n) is 13.1. The third kappa shape index (κ3) is 12.4. The number of hydrogen-bond acceptors (Lipinski definition) is 8. The number of piperidine rings is 1. The van der Waals surface area contributed by atoms with E-state index in [1.807, 2.05) is 4.90 Å².